The minimum atomic E-state index is -0.516. The van der Waals surface area contributed by atoms with E-state index in [1.165, 1.54) is 6.33 Å². The van der Waals surface area contributed by atoms with Gasteiger partial charge in [-0.2, -0.15) is 5.10 Å². The summed E-state index contributed by atoms with van der Waals surface area (Å²) in [6.07, 6.45) is 3.90. The topological polar surface area (TPSA) is 126 Å². The van der Waals surface area contributed by atoms with Gasteiger partial charge in [0, 0.05) is 24.9 Å². The number of carbonyl (C=O) groups excluding carboxylic acids is 1. The Morgan fingerprint density at radius 2 is 1.95 bits per heavy atom. The first-order valence-corrected chi connectivity index (χ1v) is 12.3. The molecular formula is C27H28N6O4. The van der Waals surface area contributed by atoms with Gasteiger partial charge in [0.2, 0.25) is 0 Å². The third-order valence-corrected chi connectivity index (χ3v) is 7.11. The molecule has 1 amide bonds. The quantitative estimate of drug-likeness (QED) is 0.412. The zero-order chi connectivity index (χ0) is 25.4. The molecule has 0 radical (unpaired) electrons. The molecule has 37 heavy (non-hydrogen) atoms. The lowest BCUT2D eigenvalue weighted by Gasteiger charge is -2.21. The molecule has 10 heteroatoms. The second kappa shape index (κ2) is 9.45. The van der Waals surface area contributed by atoms with Crippen LogP contribution in [0.5, 0.6) is 5.75 Å². The van der Waals surface area contributed by atoms with Crippen molar-refractivity contribution in [2.45, 2.75) is 37.6 Å². The Labute approximate surface area is 213 Å². The molecule has 1 aliphatic heterocycles. The van der Waals surface area contributed by atoms with Gasteiger partial charge in [0.15, 0.2) is 11.4 Å². The maximum atomic E-state index is 12.6. The van der Waals surface area contributed by atoms with Crippen LogP contribution < -0.4 is 15.8 Å². The van der Waals surface area contributed by atoms with Crippen molar-refractivity contribution in [3.8, 4) is 17.0 Å². The molecule has 2 aromatic heterocycles. The van der Waals surface area contributed by atoms with Crippen molar-refractivity contribution in [1.82, 2.24) is 25.1 Å². The van der Waals surface area contributed by atoms with E-state index in [1.807, 2.05) is 41.1 Å². The van der Waals surface area contributed by atoms with Crippen molar-refractivity contribution in [2.24, 2.45) is 0 Å². The van der Waals surface area contributed by atoms with Crippen molar-refractivity contribution >= 4 is 22.8 Å². The van der Waals surface area contributed by atoms with Gasteiger partial charge in [0.25, 0.3) is 5.91 Å². The summed E-state index contributed by atoms with van der Waals surface area (Å²) in [5, 5.41) is 8.64. The number of nitrogens with zero attached hydrogens (tertiary/aromatic N) is 4. The van der Waals surface area contributed by atoms with Crippen molar-refractivity contribution in [2.75, 3.05) is 26.1 Å². The summed E-state index contributed by atoms with van der Waals surface area (Å²) in [7, 11) is 1.55. The molecule has 2 aromatic carbocycles. The molecule has 10 nitrogen and oxygen atoms in total. The number of anilines is 1. The molecule has 1 saturated carbocycles. The minimum absolute atomic E-state index is 0.0908. The molecule has 1 unspecified atom stereocenters. The lowest BCUT2D eigenvalue weighted by atomic mass is 10.1. The van der Waals surface area contributed by atoms with Crippen LogP contribution in [0.2, 0.25) is 0 Å². The van der Waals surface area contributed by atoms with Gasteiger partial charge >= 0.3 is 0 Å². The fourth-order valence-electron chi connectivity index (χ4n) is 5.26. The van der Waals surface area contributed by atoms with Gasteiger partial charge in [-0.3, -0.25) is 4.79 Å². The van der Waals surface area contributed by atoms with Crippen molar-refractivity contribution in [3.63, 3.8) is 0 Å². The largest absolute Gasteiger partial charge is 0.496 e. The molecule has 0 bridgehead atoms. The highest BCUT2D eigenvalue weighted by atomic mass is 16.7. The number of amides is 1. The lowest BCUT2D eigenvalue weighted by molar-refractivity contribution is -0.152. The van der Waals surface area contributed by atoms with E-state index in [9.17, 15) is 4.79 Å². The van der Waals surface area contributed by atoms with E-state index in [4.69, 9.17) is 25.0 Å². The molecule has 2 fully saturated rings. The van der Waals surface area contributed by atoms with Gasteiger partial charge < -0.3 is 25.3 Å². The average Bonchev–Trinajstić information content (AvgIpc) is 3.67. The van der Waals surface area contributed by atoms with E-state index < -0.39 is 5.79 Å². The van der Waals surface area contributed by atoms with Gasteiger partial charge in [0.1, 0.15) is 23.6 Å². The number of nitrogen functional groups attached to an aromatic ring is 1. The molecule has 3 N–H and O–H groups in total. The maximum Gasteiger partial charge on any atom is 0.255 e. The van der Waals surface area contributed by atoms with Crippen LogP contribution in [0.15, 0.2) is 54.9 Å². The van der Waals surface area contributed by atoms with Crippen molar-refractivity contribution < 1.29 is 19.0 Å². The lowest BCUT2D eigenvalue weighted by Crippen LogP contribution is -2.26. The maximum absolute atomic E-state index is 12.6. The van der Waals surface area contributed by atoms with E-state index >= 15 is 0 Å². The van der Waals surface area contributed by atoms with Gasteiger partial charge in [-0.05, 0) is 24.1 Å². The molecular weight excluding hydrogens is 472 g/mol. The highest BCUT2D eigenvalue weighted by molar-refractivity contribution is 5.98. The number of hydrogen-bond donors (Lipinski definition) is 2. The molecule has 4 aromatic rings. The SMILES string of the molecule is COc1ccccc1C(=O)NCc1ccc(-c2nn(C3CCC4(C3)OCCO4)c3ncnc(N)c23)cc1. The van der Waals surface area contributed by atoms with E-state index in [0.717, 1.165) is 41.5 Å². The van der Waals surface area contributed by atoms with E-state index in [-0.39, 0.29) is 11.9 Å². The Morgan fingerprint density at radius 3 is 2.73 bits per heavy atom. The summed E-state index contributed by atoms with van der Waals surface area (Å²) in [4.78, 5) is 21.4. The summed E-state index contributed by atoms with van der Waals surface area (Å²) in [6.45, 7) is 1.62. The molecule has 1 atom stereocenters. The third-order valence-electron chi connectivity index (χ3n) is 7.11. The molecule has 2 aliphatic rings. The zero-order valence-corrected chi connectivity index (χ0v) is 20.5. The van der Waals surface area contributed by atoms with Gasteiger partial charge in [-0.25, -0.2) is 14.6 Å². The number of ether oxygens (including phenoxy) is 3. The van der Waals surface area contributed by atoms with Gasteiger partial charge in [0.05, 0.1) is 37.3 Å². The first kappa shape index (κ1) is 23.4. The van der Waals surface area contributed by atoms with E-state index in [1.54, 1.807) is 19.2 Å². The fourth-order valence-corrected chi connectivity index (χ4v) is 5.26. The summed E-state index contributed by atoms with van der Waals surface area (Å²) in [5.74, 6) is 0.218. The number of rotatable bonds is 6. The second-order valence-corrected chi connectivity index (χ2v) is 9.33. The number of para-hydroxylation sites is 1. The summed E-state index contributed by atoms with van der Waals surface area (Å²) in [5.41, 5.74) is 10.1. The van der Waals surface area contributed by atoms with Crippen molar-refractivity contribution in [1.29, 1.82) is 0 Å². The standard InChI is InChI=1S/C27H28N6O4/c1-35-21-5-3-2-4-20(21)26(34)29-15-17-6-8-18(9-7-17)23-22-24(28)30-16-31-25(22)33(32-23)19-10-11-27(14-19)36-12-13-37-27/h2-9,16,19H,10-15H2,1H3,(H,29,34)(H2,28,30,31). The summed E-state index contributed by atoms with van der Waals surface area (Å²) >= 11 is 0. The van der Waals surface area contributed by atoms with Crippen LogP contribution in [0.1, 0.15) is 41.2 Å². The Kier molecular flexibility index (Phi) is 5.97. The fraction of sp³-hybridized carbons (Fsp3) is 0.333. The van der Waals surface area contributed by atoms with E-state index in [2.05, 4.69) is 15.3 Å². The third kappa shape index (κ3) is 4.28. The van der Waals surface area contributed by atoms with Crippen LogP contribution in [0.25, 0.3) is 22.3 Å². The smallest absolute Gasteiger partial charge is 0.255 e. The zero-order valence-electron chi connectivity index (χ0n) is 20.5. The van der Waals surface area contributed by atoms with Crippen LogP contribution in [0, 0.1) is 0 Å². The first-order valence-electron chi connectivity index (χ1n) is 12.3. The number of nitrogens with two attached hydrogens (primary N) is 1. The second-order valence-electron chi connectivity index (χ2n) is 9.33. The summed E-state index contributed by atoms with van der Waals surface area (Å²) in [6, 6.07) is 15.1. The molecule has 1 spiro atoms. The number of hydrogen-bond acceptors (Lipinski definition) is 8. The average molecular weight is 501 g/mol. The van der Waals surface area contributed by atoms with Crippen LogP contribution >= 0.6 is 0 Å². The van der Waals surface area contributed by atoms with Gasteiger partial charge in [-0.1, -0.05) is 36.4 Å². The molecule has 190 valence electrons. The number of carbonyl (C=O) groups is 1. The predicted molar refractivity (Wildman–Crippen MR) is 137 cm³/mol. The monoisotopic (exact) mass is 500 g/mol. The van der Waals surface area contributed by atoms with Crippen LogP contribution in [-0.4, -0.2) is 51.8 Å². The molecule has 1 saturated heterocycles. The molecule has 1 aliphatic carbocycles. The van der Waals surface area contributed by atoms with Gasteiger partial charge in [-0.15, -0.1) is 0 Å². The summed E-state index contributed by atoms with van der Waals surface area (Å²) < 4.78 is 19.1. The number of methoxy groups -OCH3 is 1. The molecule has 3 heterocycles. The predicted octanol–water partition coefficient (Wildman–Crippen LogP) is 3.48. The number of nitrogens with one attached hydrogen (secondary N) is 1. The first-order chi connectivity index (χ1) is 18.1. The van der Waals surface area contributed by atoms with Crippen molar-refractivity contribution in [3.05, 3.63) is 66.0 Å². The highest BCUT2D eigenvalue weighted by Crippen LogP contribution is 2.44. The number of aromatic nitrogens is 4. The van der Waals surface area contributed by atoms with Crippen LogP contribution in [0.4, 0.5) is 5.82 Å². The normalized spacial score (nSPS) is 18.5. The number of fused-ring (bicyclic) bond motifs is 1. The number of benzene rings is 2. The van der Waals surface area contributed by atoms with Crippen LogP contribution in [0.3, 0.4) is 0 Å². The minimum Gasteiger partial charge on any atom is -0.496 e. The highest BCUT2D eigenvalue weighted by Gasteiger charge is 2.45. The Morgan fingerprint density at radius 1 is 1.16 bits per heavy atom. The Bertz CT molecular complexity index is 1450. The Balaban J connectivity index is 1.24. The van der Waals surface area contributed by atoms with E-state index in [0.29, 0.717) is 42.5 Å². The van der Waals surface area contributed by atoms with Crippen LogP contribution in [-0.2, 0) is 16.0 Å². The molecule has 6 rings (SSSR count). The Hall–Kier alpha value is -4.02.